The van der Waals surface area contributed by atoms with Crippen LogP contribution in [0.25, 0.3) is 0 Å². The molecular formula is C13H11N6O2S2+. The molecule has 4 rings (SSSR count). The number of aliphatic imine (C=N–C) groups is 1. The fraction of sp³-hybridized carbons (Fsp3) is 0.231. The predicted octanol–water partition coefficient (Wildman–Crippen LogP) is 2.58. The molecule has 2 aromatic rings. The van der Waals surface area contributed by atoms with E-state index in [9.17, 15) is 10.1 Å². The Balaban J connectivity index is 1.84. The van der Waals surface area contributed by atoms with Gasteiger partial charge in [-0.1, -0.05) is 9.78 Å². The van der Waals surface area contributed by atoms with Crippen LogP contribution in [-0.4, -0.2) is 25.2 Å². The summed E-state index contributed by atoms with van der Waals surface area (Å²) < 4.78 is 1.81. The van der Waals surface area contributed by atoms with Crippen LogP contribution in [0, 0.1) is 17.0 Å². The Morgan fingerprint density at radius 3 is 2.74 bits per heavy atom. The minimum atomic E-state index is -0.406. The van der Waals surface area contributed by atoms with Gasteiger partial charge in [-0.25, -0.2) is 0 Å². The van der Waals surface area contributed by atoms with Gasteiger partial charge in [0, 0.05) is 22.7 Å². The number of nitro groups is 1. The SMILES string of the molecule is CC1=NN2C(=Nc3sc(C)n[n+]3[C@@H]2c2ccc([N+](=O)[O-])cc2)S1. The van der Waals surface area contributed by atoms with Crippen LogP contribution in [0.4, 0.5) is 10.8 Å². The van der Waals surface area contributed by atoms with Crippen LogP contribution in [0.3, 0.4) is 0 Å². The molecule has 10 heteroatoms. The summed E-state index contributed by atoms with van der Waals surface area (Å²) in [5.41, 5.74) is 0.937. The molecule has 1 aromatic heterocycles. The van der Waals surface area contributed by atoms with Gasteiger partial charge in [-0.15, -0.1) is 0 Å². The van der Waals surface area contributed by atoms with Crippen molar-refractivity contribution in [1.82, 2.24) is 10.1 Å². The van der Waals surface area contributed by atoms with E-state index in [2.05, 4.69) is 15.2 Å². The van der Waals surface area contributed by atoms with Crippen molar-refractivity contribution >= 4 is 44.1 Å². The summed E-state index contributed by atoms with van der Waals surface area (Å²) in [6, 6.07) is 6.48. The molecule has 0 amide bonds. The monoisotopic (exact) mass is 347 g/mol. The second kappa shape index (κ2) is 5.10. The Labute approximate surface area is 139 Å². The van der Waals surface area contributed by atoms with Crippen molar-refractivity contribution in [2.45, 2.75) is 20.0 Å². The highest BCUT2D eigenvalue weighted by Gasteiger charge is 2.44. The highest BCUT2D eigenvalue weighted by molar-refractivity contribution is 8.26. The van der Waals surface area contributed by atoms with Gasteiger partial charge in [0.25, 0.3) is 5.69 Å². The zero-order valence-corrected chi connectivity index (χ0v) is 13.8. The van der Waals surface area contributed by atoms with E-state index in [4.69, 9.17) is 0 Å². The van der Waals surface area contributed by atoms with E-state index < -0.39 is 4.92 Å². The summed E-state index contributed by atoms with van der Waals surface area (Å²) in [4.78, 5) is 15.0. The maximum absolute atomic E-state index is 10.9. The lowest BCUT2D eigenvalue weighted by molar-refractivity contribution is -0.770. The second-order valence-electron chi connectivity index (χ2n) is 5.03. The first-order valence-electron chi connectivity index (χ1n) is 6.77. The van der Waals surface area contributed by atoms with Gasteiger partial charge in [-0.05, 0) is 49.1 Å². The fourth-order valence-corrected chi connectivity index (χ4v) is 4.07. The first-order valence-corrected chi connectivity index (χ1v) is 8.41. The highest BCUT2D eigenvalue weighted by atomic mass is 32.2. The molecule has 0 aliphatic carbocycles. The smallest absolute Gasteiger partial charge is 0.258 e. The maximum Gasteiger partial charge on any atom is 0.409 e. The van der Waals surface area contributed by atoms with Crippen LogP contribution in [0.1, 0.15) is 23.7 Å². The Hall–Kier alpha value is -2.33. The third-order valence-electron chi connectivity index (χ3n) is 3.42. The average molecular weight is 347 g/mol. The molecule has 0 fully saturated rings. The van der Waals surface area contributed by atoms with Crippen molar-refractivity contribution in [2.75, 3.05) is 0 Å². The van der Waals surface area contributed by atoms with Gasteiger partial charge in [0.15, 0.2) is 0 Å². The van der Waals surface area contributed by atoms with Gasteiger partial charge in [0.1, 0.15) is 10.1 Å². The van der Waals surface area contributed by atoms with Crippen molar-refractivity contribution in [1.29, 1.82) is 0 Å². The lowest BCUT2D eigenvalue weighted by atomic mass is 10.1. The Bertz CT molecular complexity index is 873. The van der Waals surface area contributed by atoms with Crippen LogP contribution in [0.15, 0.2) is 34.4 Å². The summed E-state index contributed by atoms with van der Waals surface area (Å²) in [7, 11) is 0. The standard InChI is InChI=1S/C13H11N6O2S2/c1-7-15-17-11(9-3-5-10(6-4-9)19(20)21)18-13(14-12(17)22-7)23-8(2)16-18/h3-6,11H,1-2H3/q+1. The van der Waals surface area contributed by atoms with Crippen molar-refractivity contribution in [3.05, 3.63) is 45.0 Å². The Morgan fingerprint density at radius 1 is 1.30 bits per heavy atom. The molecule has 2 aliphatic rings. The summed E-state index contributed by atoms with van der Waals surface area (Å²) in [6.45, 7) is 3.85. The van der Waals surface area contributed by atoms with Crippen LogP contribution >= 0.6 is 23.1 Å². The zero-order valence-electron chi connectivity index (χ0n) is 12.2. The molecule has 1 atom stereocenters. The first-order chi connectivity index (χ1) is 11.0. The Morgan fingerprint density at radius 2 is 2.04 bits per heavy atom. The minimum absolute atomic E-state index is 0.0635. The number of aromatic nitrogens is 2. The number of aryl methyl sites for hydroxylation is 1. The normalized spacial score (nSPS) is 19.0. The van der Waals surface area contributed by atoms with E-state index in [1.54, 1.807) is 12.1 Å². The van der Waals surface area contributed by atoms with E-state index in [0.717, 1.165) is 25.9 Å². The van der Waals surface area contributed by atoms with Gasteiger partial charge in [0.2, 0.25) is 6.17 Å². The van der Waals surface area contributed by atoms with Gasteiger partial charge in [0.05, 0.1) is 4.92 Å². The van der Waals surface area contributed by atoms with Crippen LogP contribution < -0.4 is 4.68 Å². The molecule has 0 unspecified atom stereocenters. The van der Waals surface area contributed by atoms with E-state index >= 15 is 0 Å². The molecule has 0 radical (unpaired) electrons. The van der Waals surface area contributed by atoms with Crippen LogP contribution in [0.5, 0.6) is 0 Å². The van der Waals surface area contributed by atoms with E-state index in [1.807, 2.05) is 23.5 Å². The molecule has 0 saturated carbocycles. The van der Waals surface area contributed by atoms with E-state index in [1.165, 1.54) is 35.2 Å². The average Bonchev–Trinajstić information content (AvgIpc) is 3.05. The van der Waals surface area contributed by atoms with Crippen LogP contribution in [0.2, 0.25) is 0 Å². The number of nitrogens with zero attached hydrogens (tertiary/aromatic N) is 6. The summed E-state index contributed by atoms with van der Waals surface area (Å²) in [5, 5.41) is 25.1. The number of rotatable bonds is 2. The number of amidine groups is 1. The third kappa shape index (κ3) is 2.30. The molecule has 0 N–H and O–H groups in total. The molecule has 0 spiro atoms. The van der Waals surface area contributed by atoms with Crippen molar-refractivity contribution in [2.24, 2.45) is 10.1 Å². The van der Waals surface area contributed by atoms with Gasteiger partial charge in [-0.2, -0.15) is 10.1 Å². The fourth-order valence-electron chi connectivity index (χ4n) is 2.49. The largest absolute Gasteiger partial charge is 0.409 e. The lowest BCUT2D eigenvalue weighted by Crippen LogP contribution is -2.52. The Kier molecular flexibility index (Phi) is 3.16. The molecule has 116 valence electrons. The number of nitro benzene ring substituents is 1. The molecular weight excluding hydrogens is 336 g/mol. The molecule has 0 bridgehead atoms. The van der Waals surface area contributed by atoms with Gasteiger partial charge in [-0.3, -0.25) is 10.1 Å². The van der Waals surface area contributed by atoms with E-state index in [-0.39, 0.29) is 11.9 Å². The molecule has 8 nitrogen and oxygen atoms in total. The van der Waals surface area contributed by atoms with Crippen LogP contribution in [-0.2, 0) is 0 Å². The number of hydrogen-bond acceptors (Lipinski definition) is 8. The van der Waals surface area contributed by atoms with Crippen molar-refractivity contribution in [3.8, 4) is 0 Å². The number of non-ortho nitro benzene ring substituents is 1. The lowest BCUT2D eigenvalue weighted by Gasteiger charge is -2.22. The number of hydrazone groups is 1. The molecule has 1 aromatic carbocycles. The quantitative estimate of drug-likeness (QED) is 0.473. The van der Waals surface area contributed by atoms with Gasteiger partial charge >= 0.3 is 10.3 Å². The number of hydrogen-bond donors (Lipinski definition) is 0. The number of benzene rings is 1. The zero-order chi connectivity index (χ0) is 16.1. The van der Waals surface area contributed by atoms with E-state index in [0.29, 0.717) is 0 Å². The molecule has 3 heterocycles. The minimum Gasteiger partial charge on any atom is -0.258 e. The highest BCUT2D eigenvalue weighted by Crippen LogP contribution is 2.36. The molecule has 0 saturated heterocycles. The number of fused-ring (bicyclic) bond motifs is 2. The maximum atomic E-state index is 10.9. The molecule has 2 aliphatic heterocycles. The topological polar surface area (TPSA) is 87.9 Å². The molecule has 23 heavy (non-hydrogen) atoms. The second-order valence-corrected chi connectivity index (χ2v) is 7.35. The number of thioether (sulfide) groups is 1. The van der Waals surface area contributed by atoms with Crippen molar-refractivity contribution in [3.63, 3.8) is 0 Å². The summed E-state index contributed by atoms with van der Waals surface area (Å²) >= 11 is 3.02. The summed E-state index contributed by atoms with van der Waals surface area (Å²) in [5.74, 6) is 0. The van der Waals surface area contributed by atoms with Gasteiger partial charge < -0.3 is 0 Å². The summed E-state index contributed by atoms with van der Waals surface area (Å²) in [6.07, 6.45) is -0.284. The van der Waals surface area contributed by atoms with Crippen molar-refractivity contribution < 1.29 is 9.61 Å². The third-order valence-corrected chi connectivity index (χ3v) is 5.10. The first kappa shape index (κ1) is 14.3. The predicted molar refractivity (Wildman–Crippen MR) is 87.9 cm³/mol.